The number of fused-ring (bicyclic) bond motifs is 1. The molecular weight excluding hydrogens is 382 g/mol. The van der Waals surface area contributed by atoms with Crippen LogP contribution in [0.1, 0.15) is 56.9 Å². The average Bonchev–Trinajstić information content (AvgIpc) is 2.72. The van der Waals surface area contributed by atoms with Crippen LogP contribution in [-0.4, -0.2) is 18.0 Å². The van der Waals surface area contributed by atoms with Gasteiger partial charge in [0.2, 0.25) is 0 Å². The molecule has 2 aromatic carbocycles. The van der Waals surface area contributed by atoms with E-state index in [1.165, 1.54) is 16.8 Å². The van der Waals surface area contributed by atoms with Gasteiger partial charge in [-0.05, 0) is 93.6 Å². The van der Waals surface area contributed by atoms with Gasteiger partial charge in [-0.1, -0.05) is 25.1 Å². The first kappa shape index (κ1) is 22.4. The first-order valence-corrected chi connectivity index (χ1v) is 10.8. The quantitative estimate of drug-likeness (QED) is 0.474. The van der Waals surface area contributed by atoms with Crippen LogP contribution in [0.3, 0.4) is 0 Å². The first-order valence-electron chi connectivity index (χ1n) is 10.8. The van der Waals surface area contributed by atoms with Crippen LogP contribution in [0.4, 0.5) is 11.4 Å². The van der Waals surface area contributed by atoms with E-state index in [0.29, 0.717) is 5.69 Å². The van der Waals surface area contributed by atoms with Gasteiger partial charge in [0, 0.05) is 23.5 Å². The second-order valence-electron chi connectivity index (χ2n) is 8.63. The Morgan fingerprint density at radius 2 is 1.84 bits per heavy atom. The van der Waals surface area contributed by atoms with Crippen molar-refractivity contribution in [3.8, 4) is 6.07 Å². The summed E-state index contributed by atoms with van der Waals surface area (Å²) in [6.07, 6.45) is 4.91. The van der Waals surface area contributed by atoms with E-state index >= 15 is 0 Å². The lowest BCUT2D eigenvalue weighted by Gasteiger charge is -2.43. The lowest BCUT2D eigenvalue weighted by Crippen LogP contribution is -2.44. The van der Waals surface area contributed by atoms with E-state index in [1.807, 2.05) is 31.2 Å². The standard InChI is InChI=1S/C27H31N3O/c1-7-20-9-11-23(12-10-20)29-26(31)22(17-28)14-21-15-24-19(4)16-27(5,6)30(8-2)25(24)13-18(21)3/h9-16H,7-8H2,1-6H3,(H,29,31)/b22-14+. The van der Waals surface area contributed by atoms with Crippen molar-refractivity contribution in [3.05, 3.63) is 70.3 Å². The molecular formula is C27H31N3O. The molecule has 0 spiro atoms. The molecule has 0 fully saturated rings. The van der Waals surface area contributed by atoms with Gasteiger partial charge >= 0.3 is 0 Å². The number of nitrogens with zero attached hydrogens (tertiary/aromatic N) is 2. The Balaban J connectivity index is 1.95. The van der Waals surface area contributed by atoms with Gasteiger partial charge in [-0.3, -0.25) is 4.79 Å². The number of rotatable bonds is 5. The molecule has 0 atom stereocenters. The van der Waals surface area contributed by atoms with Crippen molar-refractivity contribution in [3.63, 3.8) is 0 Å². The monoisotopic (exact) mass is 413 g/mol. The highest BCUT2D eigenvalue weighted by Crippen LogP contribution is 2.40. The maximum atomic E-state index is 12.7. The summed E-state index contributed by atoms with van der Waals surface area (Å²) >= 11 is 0. The number of hydrogen-bond acceptors (Lipinski definition) is 3. The van der Waals surface area contributed by atoms with Crippen molar-refractivity contribution in [1.82, 2.24) is 0 Å². The predicted molar refractivity (Wildman–Crippen MR) is 130 cm³/mol. The number of aryl methyl sites for hydroxylation is 2. The lowest BCUT2D eigenvalue weighted by atomic mass is 9.86. The molecule has 0 aromatic heterocycles. The first-order chi connectivity index (χ1) is 14.7. The smallest absolute Gasteiger partial charge is 0.266 e. The van der Waals surface area contributed by atoms with Crippen molar-refractivity contribution in [1.29, 1.82) is 5.26 Å². The normalized spacial score (nSPS) is 15.1. The van der Waals surface area contributed by atoms with E-state index < -0.39 is 5.91 Å². The Kier molecular flexibility index (Phi) is 6.36. The largest absolute Gasteiger partial charge is 0.363 e. The third-order valence-electron chi connectivity index (χ3n) is 5.97. The van der Waals surface area contributed by atoms with Gasteiger partial charge in [-0.25, -0.2) is 0 Å². The average molecular weight is 414 g/mol. The van der Waals surface area contributed by atoms with Crippen LogP contribution in [0.2, 0.25) is 0 Å². The molecule has 1 amide bonds. The van der Waals surface area contributed by atoms with Crippen LogP contribution in [-0.2, 0) is 11.2 Å². The minimum absolute atomic E-state index is 0.0549. The second-order valence-corrected chi connectivity index (χ2v) is 8.63. The SMILES string of the molecule is CCc1ccc(NC(=O)/C(C#N)=C/c2cc3c(cc2C)N(CC)C(C)(C)C=C3C)cc1. The van der Waals surface area contributed by atoms with Gasteiger partial charge in [0.1, 0.15) is 11.6 Å². The maximum absolute atomic E-state index is 12.7. The molecule has 1 aliphatic rings. The molecule has 1 N–H and O–H groups in total. The summed E-state index contributed by atoms with van der Waals surface area (Å²) in [5.74, 6) is -0.396. The van der Waals surface area contributed by atoms with Crippen LogP contribution in [0.15, 0.2) is 48.0 Å². The highest BCUT2D eigenvalue weighted by atomic mass is 16.1. The van der Waals surface area contributed by atoms with Gasteiger partial charge in [-0.2, -0.15) is 5.26 Å². The molecule has 1 heterocycles. The van der Waals surface area contributed by atoms with E-state index in [2.05, 4.69) is 69.1 Å². The number of hydrogen-bond donors (Lipinski definition) is 1. The van der Waals surface area contributed by atoms with Crippen molar-refractivity contribution in [2.45, 2.75) is 53.5 Å². The van der Waals surface area contributed by atoms with Crippen molar-refractivity contribution >= 4 is 28.9 Å². The summed E-state index contributed by atoms with van der Waals surface area (Å²) in [7, 11) is 0. The summed E-state index contributed by atoms with van der Waals surface area (Å²) in [5, 5.41) is 12.5. The second kappa shape index (κ2) is 8.81. The van der Waals surface area contributed by atoms with Gasteiger partial charge in [-0.15, -0.1) is 0 Å². The Morgan fingerprint density at radius 1 is 1.16 bits per heavy atom. The van der Waals surface area contributed by atoms with Gasteiger partial charge < -0.3 is 10.2 Å². The molecule has 2 aromatic rings. The van der Waals surface area contributed by atoms with Crippen molar-refractivity contribution in [2.24, 2.45) is 0 Å². The zero-order valence-electron chi connectivity index (χ0n) is 19.3. The number of nitrogens with one attached hydrogen (secondary N) is 1. The van der Waals surface area contributed by atoms with Crippen LogP contribution >= 0.6 is 0 Å². The minimum Gasteiger partial charge on any atom is -0.363 e. The maximum Gasteiger partial charge on any atom is 0.266 e. The zero-order chi connectivity index (χ0) is 22.8. The molecule has 0 unspecified atom stereocenters. The van der Waals surface area contributed by atoms with Crippen LogP contribution in [0.5, 0.6) is 0 Å². The number of allylic oxidation sites excluding steroid dienone is 1. The van der Waals surface area contributed by atoms with E-state index in [4.69, 9.17) is 0 Å². The Labute approximate surface area is 185 Å². The van der Waals surface area contributed by atoms with E-state index in [0.717, 1.165) is 29.7 Å². The molecule has 0 radical (unpaired) electrons. The van der Waals surface area contributed by atoms with Crippen LogP contribution < -0.4 is 10.2 Å². The molecule has 160 valence electrons. The highest BCUT2D eigenvalue weighted by molar-refractivity contribution is 6.09. The molecule has 0 saturated heterocycles. The summed E-state index contributed by atoms with van der Waals surface area (Å²) in [6.45, 7) is 13.7. The zero-order valence-corrected chi connectivity index (χ0v) is 19.3. The Morgan fingerprint density at radius 3 is 2.42 bits per heavy atom. The molecule has 0 aliphatic carbocycles. The van der Waals surface area contributed by atoms with Crippen LogP contribution in [0, 0.1) is 18.3 Å². The Hall–Kier alpha value is -3.32. The fourth-order valence-electron chi connectivity index (χ4n) is 4.30. The number of likely N-dealkylation sites (N-methyl/N-ethyl adjacent to an activating group) is 1. The van der Waals surface area contributed by atoms with Gasteiger partial charge in [0.05, 0.1) is 5.54 Å². The molecule has 0 saturated carbocycles. The number of amides is 1. The lowest BCUT2D eigenvalue weighted by molar-refractivity contribution is -0.112. The molecule has 3 rings (SSSR count). The predicted octanol–water partition coefficient (Wildman–Crippen LogP) is 6.12. The highest BCUT2D eigenvalue weighted by Gasteiger charge is 2.30. The molecule has 4 heteroatoms. The summed E-state index contributed by atoms with van der Waals surface area (Å²) in [6, 6.07) is 14.0. The van der Waals surface area contributed by atoms with Crippen LogP contribution in [0.25, 0.3) is 11.6 Å². The molecule has 31 heavy (non-hydrogen) atoms. The van der Waals surface area contributed by atoms with E-state index in [9.17, 15) is 10.1 Å². The third-order valence-corrected chi connectivity index (χ3v) is 5.97. The topological polar surface area (TPSA) is 56.1 Å². The fourth-order valence-corrected chi connectivity index (χ4v) is 4.30. The molecule has 1 aliphatic heterocycles. The number of nitriles is 1. The minimum atomic E-state index is -0.396. The molecule has 0 bridgehead atoms. The van der Waals surface area contributed by atoms with E-state index in [1.54, 1.807) is 6.08 Å². The van der Waals surface area contributed by atoms with Crippen molar-refractivity contribution in [2.75, 3.05) is 16.8 Å². The number of anilines is 2. The van der Waals surface area contributed by atoms with E-state index in [-0.39, 0.29) is 11.1 Å². The number of carbonyl (C=O) groups excluding carboxylic acids is 1. The van der Waals surface area contributed by atoms with Crippen molar-refractivity contribution < 1.29 is 4.79 Å². The molecule has 4 nitrogen and oxygen atoms in total. The fraction of sp³-hybridized carbons (Fsp3) is 0.333. The summed E-state index contributed by atoms with van der Waals surface area (Å²) < 4.78 is 0. The summed E-state index contributed by atoms with van der Waals surface area (Å²) in [5.41, 5.74) is 7.39. The number of benzene rings is 2. The van der Waals surface area contributed by atoms with Gasteiger partial charge in [0.25, 0.3) is 5.91 Å². The van der Waals surface area contributed by atoms with Gasteiger partial charge in [0.15, 0.2) is 0 Å². The Bertz CT molecular complexity index is 1100. The summed E-state index contributed by atoms with van der Waals surface area (Å²) in [4.78, 5) is 15.1. The number of carbonyl (C=O) groups is 1. The third kappa shape index (κ3) is 4.56.